The Morgan fingerprint density at radius 2 is 2.20 bits per heavy atom. The molecule has 1 heterocycles. The molecule has 0 spiro atoms. The van der Waals surface area contributed by atoms with Gasteiger partial charge in [0.15, 0.2) is 0 Å². The van der Waals surface area contributed by atoms with Crippen LogP contribution in [0.5, 0.6) is 0 Å². The summed E-state index contributed by atoms with van der Waals surface area (Å²) < 4.78 is 5.61. The van der Waals surface area contributed by atoms with Crippen LogP contribution in [0.2, 0.25) is 0 Å². The summed E-state index contributed by atoms with van der Waals surface area (Å²) >= 11 is 1.85. The third-order valence-electron chi connectivity index (χ3n) is 3.76. The highest BCUT2D eigenvalue weighted by atomic mass is 32.2. The smallest absolute Gasteiger partial charge is 0.141 e. The van der Waals surface area contributed by atoms with E-state index in [0.29, 0.717) is 5.25 Å². The molecule has 1 aliphatic heterocycles. The number of hydrogen-bond acceptors (Lipinski definition) is 4. The van der Waals surface area contributed by atoms with E-state index < -0.39 is 5.54 Å². The van der Waals surface area contributed by atoms with Crippen LogP contribution in [0, 0.1) is 11.3 Å². The fourth-order valence-corrected chi connectivity index (χ4v) is 3.97. The number of ether oxygens (including phenoxy) is 1. The van der Waals surface area contributed by atoms with Crippen molar-refractivity contribution >= 4 is 11.8 Å². The summed E-state index contributed by atoms with van der Waals surface area (Å²) in [6, 6.07) is 12.5. The minimum absolute atomic E-state index is 0.286. The van der Waals surface area contributed by atoms with Crippen LogP contribution in [0.15, 0.2) is 30.3 Å². The number of benzene rings is 1. The van der Waals surface area contributed by atoms with Crippen molar-refractivity contribution in [3.8, 4) is 6.07 Å². The van der Waals surface area contributed by atoms with Gasteiger partial charge in [0.25, 0.3) is 0 Å². The zero-order valence-corrected chi connectivity index (χ0v) is 13.0. The number of hydrogen-bond donors (Lipinski definition) is 1. The zero-order chi connectivity index (χ0) is 14.4. The molecule has 0 aromatic heterocycles. The van der Waals surface area contributed by atoms with Crippen molar-refractivity contribution in [1.82, 2.24) is 5.32 Å². The predicted octanol–water partition coefficient (Wildman–Crippen LogP) is 2.93. The third-order valence-corrected chi connectivity index (χ3v) is 5.40. The Balaban J connectivity index is 2.13. The first kappa shape index (κ1) is 15.4. The van der Waals surface area contributed by atoms with Crippen LogP contribution in [-0.4, -0.2) is 30.3 Å². The summed E-state index contributed by atoms with van der Waals surface area (Å²) in [6.07, 6.45) is 1.36. The maximum Gasteiger partial charge on any atom is 0.141 e. The lowest BCUT2D eigenvalue weighted by Crippen LogP contribution is -2.44. The minimum Gasteiger partial charge on any atom is -0.377 e. The maximum atomic E-state index is 9.74. The van der Waals surface area contributed by atoms with Gasteiger partial charge in [-0.1, -0.05) is 37.3 Å². The minimum atomic E-state index is -0.608. The molecule has 108 valence electrons. The van der Waals surface area contributed by atoms with Gasteiger partial charge in [0.05, 0.1) is 12.2 Å². The zero-order valence-electron chi connectivity index (χ0n) is 12.1. The third kappa shape index (κ3) is 3.35. The molecule has 0 aliphatic carbocycles. The summed E-state index contributed by atoms with van der Waals surface area (Å²) in [7, 11) is 0. The molecule has 3 atom stereocenters. The van der Waals surface area contributed by atoms with Gasteiger partial charge in [0.2, 0.25) is 0 Å². The van der Waals surface area contributed by atoms with Crippen LogP contribution in [-0.2, 0) is 10.3 Å². The van der Waals surface area contributed by atoms with Gasteiger partial charge in [0, 0.05) is 17.6 Å². The molecule has 0 radical (unpaired) electrons. The summed E-state index contributed by atoms with van der Waals surface area (Å²) in [5.41, 5.74) is 0.437. The number of thioether (sulfide) groups is 1. The Morgan fingerprint density at radius 1 is 1.45 bits per heavy atom. The fraction of sp³-hybridized carbons (Fsp3) is 0.562. The summed E-state index contributed by atoms with van der Waals surface area (Å²) in [6.45, 7) is 5.78. The summed E-state index contributed by atoms with van der Waals surface area (Å²) in [5, 5.41) is 13.6. The largest absolute Gasteiger partial charge is 0.377 e. The Hall–Kier alpha value is -1.02. The number of nitrogens with one attached hydrogen (secondary N) is 1. The van der Waals surface area contributed by atoms with Crippen LogP contribution >= 0.6 is 11.8 Å². The molecule has 2 rings (SSSR count). The number of nitriles is 1. The van der Waals surface area contributed by atoms with E-state index in [1.165, 1.54) is 0 Å². The van der Waals surface area contributed by atoms with E-state index in [1.54, 1.807) is 0 Å². The molecule has 0 amide bonds. The lowest BCUT2D eigenvalue weighted by molar-refractivity contribution is 0.127. The predicted molar refractivity (Wildman–Crippen MR) is 83.7 cm³/mol. The fourth-order valence-electron chi connectivity index (χ4n) is 2.56. The molecule has 0 saturated carbocycles. The number of rotatable bonds is 6. The molecule has 0 bridgehead atoms. The molecule has 3 unspecified atom stereocenters. The molecule has 20 heavy (non-hydrogen) atoms. The van der Waals surface area contributed by atoms with Crippen LogP contribution in [0.3, 0.4) is 0 Å². The Kier molecular flexibility index (Phi) is 5.47. The van der Waals surface area contributed by atoms with Gasteiger partial charge in [-0.2, -0.15) is 17.0 Å². The highest BCUT2D eigenvalue weighted by molar-refractivity contribution is 8.00. The van der Waals surface area contributed by atoms with Gasteiger partial charge < -0.3 is 4.74 Å². The van der Waals surface area contributed by atoms with Crippen molar-refractivity contribution in [1.29, 1.82) is 5.26 Å². The van der Waals surface area contributed by atoms with Gasteiger partial charge in [-0.3, -0.25) is 5.32 Å². The van der Waals surface area contributed by atoms with Crippen LogP contribution in [0.1, 0.15) is 25.8 Å². The van der Waals surface area contributed by atoms with Crippen molar-refractivity contribution in [3.63, 3.8) is 0 Å². The Morgan fingerprint density at radius 3 is 2.75 bits per heavy atom. The second-order valence-corrected chi connectivity index (χ2v) is 6.36. The highest BCUT2D eigenvalue weighted by Gasteiger charge is 2.34. The molecule has 1 saturated heterocycles. The van der Waals surface area contributed by atoms with Crippen LogP contribution in [0.4, 0.5) is 0 Å². The Bertz CT molecular complexity index is 459. The first-order chi connectivity index (χ1) is 9.72. The monoisotopic (exact) mass is 290 g/mol. The van der Waals surface area contributed by atoms with Crippen molar-refractivity contribution < 1.29 is 4.74 Å². The van der Waals surface area contributed by atoms with E-state index in [-0.39, 0.29) is 6.10 Å². The highest BCUT2D eigenvalue weighted by Crippen LogP contribution is 2.32. The van der Waals surface area contributed by atoms with Crippen LogP contribution < -0.4 is 5.32 Å². The molecule has 1 aliphatic rings. The van der Waals surface area contributed by atoms with E-state index in [9.17, 15) is 5.26 Å². The van der Waals surface area contributed by atoms with E-state index >= 15 is 0 Å². The Labute approximate surface area is 125 Å². The lowest BCUT2D eigenvalue weighted by Gasteiger charge is -2.29. The van der Waals surface area contributed by atoms with Gasteiger partial charge >= 0.3 is 0 Å². The first-order valence-corrected chi connectivity index (χ1v) is 8.21. The number of nitrogens with zero attached hydrogens (tertiary/aromatic N) is 1. The molecule has 1 N–H and O–H groups in total. The standard InChI is InChI=1S/C16H22N2OS/c1-3-18-16(11-17,14-7-5-4-6-8-14)12-20-15-9-10-19-13(15)2/h4-8,13,15,18H,3,9-10,12H2,1-2H3. The quantitative estimate of drug-likeness (QED) is 0.875. The van der Waals surface area contributed by atoms with Crippen LogP contribution in [0.25, 0.3) is 0 Å². The van der Waals surface area contributed by atoms with Crippen molar-refractivity contribution in [2.75, 3.05) is 18.9 Å². The molecule has 1 aromatic carbocycles. The van der Waals surface area contributed by atoms with E-state index in [4.69, 9.17) is 4.74 Å². The lowest BCUT2D eigenvalue weighted by atomic mass is 9.93. The molecule has 4 heteroatoms. The molecule has 3 nitrogen and oxygen atoms in total. The van der Waals surface area contributed by atoms with E-state index in [2.05, 4.69) is 18.3 Å². The molecular weight excluding hydrogens is 268 g/mol. The molecule has 1 aromatic rings. The molecule has 1 fully saturated rings. The SMILES string of the molecule is CCNC(C#N)(CSC1CCOC1C)c1ccccc1. The van der Waals surface area contributed by atoms with Crippen molar-refractivity contribution in [2.45, 2.75) is 37.2 Å². The topological polar surface area (TPSA) is 45.0 Å². The van der Waals surface area contributed by atoms with E-state index in [1.807, 2.05) is 49.0 Å². The average molecular weight is 290 g/mol. The van der Waals surface area contributed by atoms with Gasteiger partial charge in [-0.15, -0.1) is 0 Å². The van der Waals surface area contributed by atoms with Crippen molar-refractivity contribution in [3.05, 3.63) is 35.9 Å². The molecular formula is C16H22N2OS. The van der Waals surface area contributed by atoms with Crippen molar-refractivity contribution in [2.24, 2.45) is 0 Å². The summed E-state index contributed by atoms with van der Waals surface area (Å²) in [5.74, 6) is 0.750. The van der Waals surface area contributed by atoms with Gasteiger partial charge in [-0.05, 0) is 25.5 Å². The first-order valence-electron chi connectivity index (χ1n) is 7.17. The van der Waals surface area contributed by atoms with E-state index in [0.717, 1.165) is 30.9 Å². The second kappa shape index (κ2) is 7.12. The summed E-state index contributed by atoms with van der Waals surface area (Å²) in [4.78, 5) is 0. The van der Waals surface area contributed by atoms with Gasteiger partial charge in [-0.25, -0.2) is 0 Å². The second-order valence-electron chi connectivity index (χ2n) is 5.13. The maximum absolute atomic E-state index is 9.74. The normalized spacial score (nSPS) is 25.1. The van der Waals surface area contributed by atoms with Gasteiger partial charge in [0.1, 0.15) is 5.54 Å². The average Bonchev–Trinajstić information content (AvgIpc) is 2.90.